The molecule has 2 atom stereocenters. The number of benzene rings is 3. The van der Waals surface area contributed by atoms with Gasteiger partial charge < -0.3 is 19.3 Å². The molecule has 5 aliphatic heterocycles. The SMILES string of the molecule is CN(Cc1ccc2c(c1)CN(C1CCC(=O)NC1=O)C2=O)C1CCN(c2ccc(-c3cc(F)c4c(c3)C(=O)N(C(C(=O)Nc3nccs3)c3ncn5c3CCC5)C4)cc2)CC1. The first-order valence-electron chi connectivity index (χ1n) is 20.8. The van der Waals surface area contributed by atoms with E-state index in [-0.39, 0.29) is 35.9 Å². The number of imidazole rings is 1. The van der Waals surface area contributed by atoms with Gasteiger partial charge in [-0.3, -0.25) is 39.5 Å². The van der Waals surface area contributed by atoms with Crippen molar-refractivity contribution in [2.75, 3.05) is 30.4 Å². The van der Waals surface area contributed by atoms with Gasteiger partial charge in [0.15, 0.2) is 11.2 Å². The predicted octanol–water partition coefficient (Wildman–Crippen LogP) is 5.29. The fraction of sp³-hybridized carbons (Fsp3) is 0.356. The highest BCUT2D eigenvalue weighted by atomic mass is 32.1. The van der Waals surface area contributed by atoms with Crippen LogP contribution in [0.15, 0.2) is 72.5 Å². The molecule has 0 radical (unpaired) electrons. The summed E-state index contributed by atoms with van der Waals surface area (Å²) in [5.74, 6) is -2.21. The van der Waals surface area contributed by atoms with Crippen molar-refractivity contribution in [2.45, 2.75) is 82.8 Å². The number of thiazole rings is 1. The van der Waals surface area contributed by atoms with Gasteiger partial charge in [-0.15, -0.1) is 11.3 Å². The number of amides is 5. The summed E-state index contributed by atoms with van der Waals surface area (Å²) in [6.07, 6.45) is 7.47. The number of carbonyl (C=O) groups excluding carboxylic acids is 5. The van der Waals surface area contributed by atoms with Gasteiger partial charge in [0.05, 0.1) is 18.6 Å². The van der Waals surface area contributed by atoms with Crippen LogP contribution in [0.4, 0.5) is 15.2 Å². The van der Waals surface area contributed by atoms with Crippen LogP contribution in [0.1, 0.15) is 86.9 Å². The van der Waals surface area contributed by atoms with Crippen molar-refractivity contribution in [1.29, 1.82) is 0 Å². The molecule has 3 aromatic carbocycles. The minimum absolute atomic E-state index is 0.0494. The molecule has 14 nitrogen and oxygen atoms in total. The fourth-order valence-electron chi connectivity index (χ4n) is 9.74. The number of anilines is 2. The average Bonchev–Trinajstić information content (AvgIpc) is 4.11. The number of nitrogens with zero attached hydrogens (tertiary/aromatic N) is 7. The molecule has 0 spiro atoms. The van der Waals surface area contributed by atoms with Gasteiger partial charge in [-0.25, -0.2) is 14.4 Å². The first-order chi connectivity index (χ1) is 29.6. The number of hydrogen-bond donors (Lipinski definition) is 2. The Bertz CT molecular complexity index is 2590. The van der Waals surface area contributed by atoms with E-state index in [2.05, 4.69) is 43.5 Å². The molecule has 0 saturated carbocycles. The summed E-state index contributed by atoms with van der Waals surface area (Å²) in [7, 11) is 2.13. The van der Waals surface area contributed by atoms with Gasteiger partial charge in [0, 0.05) is 84.8 Å². The van der Waals surface area contributed by atoms with Crippen molar-refractivity contribution < 1.29 is 28.4 Å². The van der Waals surface area contributed by atoms with Crippen LogP contribution in [-0.2, 0) is 47.0 Å². The first kappa shape index (κ1) is 38.9. The van der Waals surface area contributed by atoms with Crippen molar-refractivity contribution >= 4 is 51.7 Å². The van der Waals surface area contributed by atoms with Crippen LogP contribution in [0.5, 0.6) is 0 Å². The number of aromatic nitrogens is 3. The zero-order valence-electron chi connectivity index (χ0n) is 33.6. The lowest BCUT2D eigenvalue weighted by Gasteiger charge is -2.38. The second kappa shape index (κ2) is 15.6. The number of piperidine rings is 2. The normalized spacial score (nSPS) is 19.4. The third kappa shape index (κ3) is 7.16. The quantitative estimate of drug-likeness (QED) is 0.179. The van der Waals surface area contributed by atoms with E-state index in [9.17, 15) is 24.0 Å². The van der Waals surface area contributed by atoms with Crippen LogP contribution >= 0.6 is 11.3 Å². The lowest BCUT2D eigenvalue weighted by Crippen LogP contribution is -2.52. The minimum atomic E-state index is -1.05. The Balaban J connectivity index is 0.780. The number of nitrogens with one attached hydrogen (secondary N) is 2. The molecule has 5 aromatic rings. The van der Waals surface area contributed by atoms with E-state index in [1.807, 2.05) is 41.0 Å². The molecule has 2 N–H and O–H groups in total. The van der Waals surface area contributed by atoms with E-state index in [0.29, 0.717) is 41.0 Å². The highest BCUT2D eigenvalue weighted by molar-refractivity contribution is 7.13. The van der Waals surface area contributed by atoms with Crippen LogP contribution < -0.4 is 15.5 Å². The third-order valence-electron chi connectivity index (χ3n) is 13.0. The highest BCUT2D eigenvalue weighted by Crippen LogP contribution is 2.38. The molecule has 5 aliphatic rings. The topological polar surface area (TPSA) is 153 Å². The van der Waals surface area contributed by atoms with E-state index in [1.165, 1.54) is 22.3 Å². The predicted molar refractivity (Wildman–Crippen MR) is 225 cm³/mol. The summed E-state index contributed by atoms with van der Waals surface area (Å²) < 4.78 is 18.0. The smallest absolute Gasteiger partial charge is 0.255 e. The fourth-order valence-corrected chi connectivity index (χ4v) is 10.3. The van der Waals surface area contributed by atoms with Gasteiger partial charge in [-0.1, -0.05) is 24.3 Å². The molecule has 2 saturated heterocycles. The maximum atomic E-state index is 16.0. The second-order valence-electron chi connectivity index (χ2n) is 16.6. The molecule has 2 aromatic heterocycles. The van der Waals surface area contributed by atoms with Gasteiger partial charge in [-0.2, -0.15) is 0 Å². The monoisotopic (exact) mass is 841 g/mol. The molecular weight excluding hydrogens is 798 g/mol. The Hall–Kier alpha value is -6.26. The summed E-state index contributed by atoms with van der Waals surface area (Å²) in [6.45, 7) is 3.56. The molecule has 16 heteroatoms. The molecular formula is C45H44FN9O5S. The van der Waals surface area contributed by atoms with Crippen molar-refractivity contribution in [3.63, 3.8) is 0 Å². The summed E-state index contributed by atoms with van der Waals surface area (Å²) in [4.78, 5) is 81.8. The Labute approximate surface area is 355 Å². The van der Waals surface area contributed by atoms with Crippen molar-refractivity contribution in [1.82, 2.24) is 34.6 Å². The standard InChI is InChI=1S/C45H44FN9O5S/c1-51(22-26-4-9-32-29(19-26)23-54(43(32)59)37-10-11-38(56)49-41(37)57)30-12-16-52(17-13-30)31-7-5-27(6-8-31)28-20-33-34(35(46)21-28)24-55(44(33)60)40(42(58)50-45-47-14-18-61-45)39-36-3-2-15-53(36)25-48-39/h4-9,14,18-21,25,30,37,40H,2-3,10-13,15-17,22-24H2,1H3,(H,47,50,58)(H,49,56,57). The van der Waals surface area contributed by atoms with Crippen LogP contribution in [0.2, 0.25) is 0 Å². The zero-order chi connectivity index (χ0) is 41.9. The molecule has 2 unspecified atom stereocenters. The number of carbonyl (C=O) groups is 5. The highest BCUT2D eigenvalue weighted by Gasteiger charge is 2.43. The van der Waals surface area contributed by atoms with Gasteiger partial charge in [0.2, 0.25) is 11.8 Å². The largest absolute Gasteiger partial charge is 0.371 e. The Morgan fingerprint density at radius 2 is 1.75 bits per heavy atom. The second-order valence-corrected chi connectivity index (χ2v) is 17.5. The van der Waals surface area contributed by atoms with Crippen LogP contribution in [0.25, 0.3) is 11.1 Å². The lowest BCUT2D eigenvalue weighted by molar-refractivity contribution is -0.137. The van der Waals surface area contributed by atoms with E-state index in [4.69, 9.17) is 0 Å². The van der Waals surface area contributed by atoms with Crippen molar-refractivity contribution in [3.05, 3.63) is 118 Å². The van der Waals surface area contributed by atoms with Crippen LogP contribution in [0.3, 0.4) is 0 Å². The van der Waals surface area contributed by atoms with Crippen LogP contribution in [0, 0.1) is 5.82 Å². The summed E-state index contributed by atoms with van der Waals surface area (Å²) >= 11 is 1.28. The van der Waals surface area contributed by atoms with Crippen LogP contribution in [-0.4, -0.2) is 91.0 Å². The number of aryl methyl sites for hydroxylation is 1. The molecule has 61 heavy (non-hydrogen) atoms. The molecule has 7 heterocycles. The summed E-state index contributed by atoms with van der Waals surface area (Å²) in [6, 6.07) is 15.8. The summed E-state index contributed by atoms with van der Waals surface area (Å²) in [5.41, 5.74) is 7.01. The van der Waals surface area contributed by atoms with Gasteiger partial charge in [0.1, 0.15) is 11.9 Å². The third-order valence-corrected chi connectivity index (χ3v) is 13.6. The van der Waals surface area contributed by atoms with Crippen molar-refractivity contribution in [3.8, 4) is 11.1 Å². The average molecular weight is 842 g/mol. The Kier molecular flexibility index (Phi) is 9.98. The van der Waals surface area contributed by atoms with Crippen molar-refractivity contribution in [2.24, 2.45) is 0 Å². The lowest BCUT2D eigenvalue weighted by atomic mass is 9.98. The van der Waals surface area contributed by atoms with E-state index < -0.39 is 35.6 Å². The number of halogens is 1. The van der Waals surface area contributed by atoms with E-state index in [1.54, 1.807) is 28.9 Å². The summed E-state index contributed by atoms with van der Waals surface area (Å²) in [5, 5.41) is 7.38. The number of fused-ring (bicyclic) bond motifs is 3. The van der Waals surface area contributed by atoms with Gasteiger partial charge >= 0.3 is 0 Å². The minimum Gasteiger partial charge on any atom is -0.371 e. The van der Waals surface area contributed by atoms with E-state index in [0.717, 1.165) is 79.9 Å². The number of imide groups is 1. The molecule has 312 valence electrons. The molecule has 2 fully saturated rings. The zero-order valence-corrected chi connectivity index (χ0v) is 34.4. The number of hydrogen-bond acceptors (Lipinski definition) is 10. The maximum Gasteiger partial charge on any atom is 0.255 e. The first-order valence-corrected chi connectivity index (χ1v) is 21.7. The Morgan fingerprint density at radius 3 is 2.52 bits per heavy atom. The maximum absolute atomic E-state index is 16.0. The Morgan fingerprint density at radius 1 is 0.934 bits per heavy atom. The molecule has 0 aliphatic carbocycles. The van der Waals surface area contributed by atoms with E-state index >= 15 is 4.39 Å². The van der Waals surface area contributed by atoms with Gasteiger partial charge in [-0.05, 0) is 91.7 Å². The van der Waals surface area contributed by atoms with Gasteiger partial charge in [0.25, 0.3) is 17.7 Å². The molecule has 0 bridgehead atoms. The number of rotatable bonds is 10. The molecule has 10 rings (SSSR count). The molecule has 5 amide bonds.